The molecule has 0 radical (unpaired) electrons. The highest BCUT2D eigenvalue weighted by Gasteiger charge is 2.18. The third-order valence-corrected chi connectivity index (χ3v) is 1.80. The summed E-state index contributed by atoms with van der Waals surface area (Å²) in [6, 6.07) is 6.33. The highest BCUT2D eigenvalue weighted by atomic mass is 32.1. The number of carbonyl (C=O) groups excluding carboxylic acids is 1. The van der Waals surface area contributed by atoms with Gasteiger partial charge in [0.15, 0.2) is 0 Å². The van der Waals surface area contributed by atoms with E-state index in [2.05, 4.69) is 25.4 Å². The van der Waals surface area contributed by atoms with Gasteiger partial charge in [-0.25, -0.2) is 0 Å². The van der Waals surface area contributed by atoms with Crippen molar-refractivity contribution >= 4 is 36.2 Å². The highest BCUT2D eigenvalue weighted by molar-refractivity contribution is 7.97. The number of hydrogen-bond donors (Lipinski definition) is 2. The summed E-state index contributed by atoms with van der Waals surface area (Å²) in [6.07, 6.45) is 0. The summed E-state index contributed by atoms with van der Waals surface area (Å²) in [6.45, 7) is 0. The fourth-order valence-electron chi connectivity index (χ4n) is 0.821. The zero-order chi connectivity index (χ0) is 9.14. The van der Waals surface area contributed by atoms with Gasteiger partial charge >= 0.3 is 0 Å². The monoisotopic (exact) mass is 200 g/mol. The van der Waals surface area contributed by atoms with Gasteiger partial charge in [0.25, 0.3) is 5.69 Å². The van der Waals surface area contributed by atoms with Gasteiger partial charge in [-0.3, -0.25) is 4.79 Å². The van der Waals surface area contributed by atoms with Crippen LogP contribution in [0.2, 0.25) is 0 Å². The Morgan fingerprint density at radius 3 is 2.33 bits per heavy atom. The quantitative estimate of drug-likeness (QED) is 0.566. The van der Waals surface area contributed by atoms with Gasteiger partial charge in [0.2, 0.25) is 17.9 Å². The number of para-hydroxylation sites is 1. The van der Waals surface area contributed by atoms with Crippen molar-refractivity contribution in [1.82, 2.24) is 0 Å². The second kappa shape index (κ2) is 3.73. The summed E-state index contributed by atoms with van der Waals surface area (Å²) in [4.78, 5) is 21.6. The molecular weight excluding hydrogens is 194 g/mol. The number of hydrogen-bond acceptors (Lipinski definition) is 2. The summed E-state index contributed by atoms with van der Waals surface area (Å²) in [5.74, 6) is 0. The largest absolute Gasteiger partial charge is 0.284 e. The number of nitroso groups, excluding NO2 is 1. The van der Waals surface area contributed by atoms with Crippen molar-refractivity contribution in [2.75, 3.05) is 0 Å². The van der Waals surface area contributed by atoms with E-state index < -0.39 is 5.12 Å². The minimum absolute atomic E-state index is 0.209. The Hall–Kier alpha value is -0.810. The first-order chi connectivity index (χ1) is 5.63. The van der Waals surface area contributed by atoms with Crippen LogP contribution in [-0.4, -0.2) is 9.28 Å². The SMILES string of the molecule is O=C(S)c1ccccc1[N+](=O)S. The summed E-state index contributed by atoms with van der Waals surface area (Å²) < 4.78 is 0.337. The first-order valence-electron chi connectivity index (χ1n) is 3.11. The van der Waals surface area contributed by atoms with Crippen LogP contribution in [0.3, 0.4) is 0 Å². The van der Waals surface area contributed by atoms with Crippen molar-refractivity contribution in [1.29, 1.82) is 0 Å². The average molecular weight is 200 g/mol. The average Bonchev–Trinajstić information content (AvgIpc) is 2.04. The van der Waals surface area contributed by atoms with E-state index >= 15 is 0 Å². The molecule has 0 bridgehead atoms. The molecule has 0 aromatic heterocycles. The molecule has 0 N–H and O–H groups in total. The minimum atomic E-state index is -0.444. The van der Waals surface area contributed by atoms with Gasteiger partial charge < -0.3 is 0 Å². The predicted molar refractivity (Wildman–Crippen MR) is 52.0 cm³/mol. The maximum absolute atomic E-state index is 10.8. The van der Waals surface area contributed by atoms with Crippen molar-refractivity contribution in [3.63, 3.8) is 0 Å². The second-order valence-electron chi connectivity index (χ2n) is 2.10. The number of benzene rings is 1. The molecule has 1 aromatic carbocycles. The molecule has 0 spiro atoms. The summed E-state index contributed by atoms with van der Waals surface area (Å²) >= 11 is 7.16. The van der Waals surface area contributed by atoms with Gasteiger partial charge in [-0.2, -0.15) is 0 Å². The molecule has 0 atom stereocenters. The molecule has 0 aliphatic carbocycles. The molecule has 0 aliphatic heterocycles. The molecule has 3 nitrogen and oxygen atoms in total. The molecule has 0 saturated heterocycles. The first-order valence-corrected chi connectivity index (χ1v) is 3.96. The fraction of sp³-hybridized carbons (Fsp3) is 0. The minimum Gasteiger partial charge on any atom is -0.282 e. The molecule has 0 fully saturated rings. The summed E-state index contributed by atoms with van der Waals surface area (Å²) in [7, 11) is 0. The van der Waals surface area contributed by atoms with E-state index in [0.29, 0.717) is 4.17 Å². The fourth-order valence-corrected chi connectivity index (χ4v) is 1.18. The van der Waals surface area contributed by atoms with Gasteiger partial charge in [-0.05, 0) is 6.07 Å². The zero-order valence-electron chi connectivity index (χ0n) is 5.97. The number of nitrogens with zero attached hydrogens (tertiary/aromatic N) is 1. The Labute approximate surface area is 80.3 Å². The molecule has 1 rings (SSSR count). The van der Waals surface area contributed by atoms with Crippen LogP contribution in [0, 0.1) is 4.91 Å². The van der Waals surface area contributed by atoms with Crippen molar-refractivity contribution in [3.05, 3.63) is 34.7 Å². The Morgan fingerprint density at radius 1 is 1.33 bits per heavy atom. The Balaban J connectivity index is 3.27. The third-order valence-electron chi connectivity index (χ3n) is 1.34. The molecule has 0 unspecified atom stereocenters. The Bertz CT molecular complexity index is 305. The molecule has 1 aromatic rings. The van der Waals surface area contributed by atoms with Crippen molar-refractivity contribution < 1.29 is 8.96 Å². The smallest absolute Gasteiger partial charge is 0.282 e. The second-order valence-corrected chi connectivity index (χ2v) is 2.86. The lowest BCUT2D eigenvalue weighted by Gasteiger charge is -1.92. The molecule has 62 valence electrons. The normalized spacial score (nSPS) is 9.50. The van der Waals surface area contributed by atoms with Crippen LogP contribution in [0.4, 0.5) is 5.69 Å². The van der Waals surface area contributed by atoms with Gasteiger partial charge in [0, 0.05) is 11.0 Å². The van der Waals surface area contributed by atoms with Crippen LogP contribution in [-0.2, 0) is 0 Å². The lowest BCUT2D eigenvalue weighted by molar-refractivity contribution is -0.259. The standard InChI is InChI=1S/C7H5NO2S2/c9-7(11)5-3-1-2-4-6(5)8(10)12/h1-4H,(H-,9,10,11,12)/p+1. The molecule has 0 aliphatic rings. The maximum atomic E-state index is 10.8. The Kier molecular flexibility index (Phi) is 2.88. The van der Waals surface area contributed by atoms with Gasteiger partial charge in [0.05, 0.1) is 0 Å². The Morgan fingerprint density at radius 2 is 1.92 bits per heavy atom. The number of thiol groups is 2. The molecule has 12 heavy (non-hydrogen) atoms. The molecule has 0 saturated carbocycles. The zero-order valence-corrected chi connectivity index (χ0v) is 7.76. The number of carbonyl (C=O) groups is 1. The van der Waals surface area contributed by atoms with Crippen molar-refractivity contribution in [3.8, 4) is 0 Å². The molecule has 0 heterocycles. The first kappa shape index (κ1) is 9.28. The summed E-state index contributed by atoms with van der Waals surface area (Å²) in [5.41, 5.74) is 0.465. The van der Waals surface area contributed by atoms with Gasteiger partial charge in [0.1, 0.15) is 9.73 Å². The van der Waals surface area contributed by atoms with Crippen LogP contribution in [0.25, 0.3) is 0 Å². The predicted octanol–water partition coefficient (Wildman–Crippen LogP) is 2.01. The van der Waals surface area contributed by atoms with E-state index in [1.54, 1.807) is 12.1 Å². The van der Waals surface area contributed by atoms with E-state index in [4.69, 9.17) is 0 Å². The summed E-state index contributed by atoms with van der Waals surface area (Å²) in [5, 5.41) is -0.444. The van der Waals surface area contributed by atoms with Crippen LogP contribution in [0.15, 0.2) is 24.3 Å². The van der Waals surface area contributed by atoms with E-state index in [-0.39, 0.29) is 11.3 Å². The van der Waals surface area contributed by atoms with Crippen molar-refractivity contribution in [2.24, 2.45) is 0 Å². The van der Waals surface area contributed by atoms with E-state index in [1.807, 2.05) is 0 Å². The van der Waals surface area contributed by atoms with E-state index in [0.717, 1.165) is 0 Å². The molecule has 0 amide bonds. The van der Waals surface area contributed by atoms with Crippen LogP contribution < -0.4 is 0 Å². The van der Waals surface area contributed by atoms with Crippen LogP contribution in [0.1, 0.15) is 10.4 Å². The topological polar surface area (TPSA) is 37.1 Å². The maximum Gasteiger partial charge on any atom is 0.284 e. The molecular formula is C7H6NO2S2+. The van der Waals surface area contributed by atoms with E-state index in [1.165, 1.54) is 12.1 Å². The van der Waals surface area contributed by atoms with Gasteiger partial charge in [-0.1, -0.05) is 12.1 Å². The van der Waals surface area contributed by atoms with Gasteiger partial charge in [-0.15, -0.1) is 12.6 Å². The lowest BCUT2D eigenvalue weighted by atomic mass is 10.2. The van der Waals surface area contributed by atoms with Crippen LogP contribution >= 0.6 is 25.4 Å². The highest BCUT2D eigenvalue weighted by Crippen LogP contribution is 2.20. The van der Waals surface area contributed by atoms with Crippen molar-refractivity contribution in [2.45, 2.75) is 0 Å². The van der Waals surface area contributed by atoms with Crippen LogP contribution in [0.5, 0.6) is 0 Å². The lowest BCUT2D eigenvalue weighted by Crippen LogP contribution is -1.94. The van der Waals surface area contributed by atoms with E-state index in [9.17, 15) is 9.70 Å². The molecule has 5 heteroatoms. The number of rotatable bonds is 2. The third kappa shape index (κ3) is 1.86.